The van der Waals surface area contributed by atoms with Crippen LogP contribution in [0.4, 0.5) is 0 Å². The largest absolute Gasteiger partial charge is 0.396 e. The lowest BCUT2D eigenvalue weighted by Crippen LogP contribution is -2.35. The smallest absolute Gasteiger partial charge is 0.164 e. The summed E-state index contributed by atoms with van der Waals surface area (Å²) in [6.45, 7) is 3.81. The van der Waals surface area contributed by atoms with Crippen LogP contribution < -0.4 is 0 Å². The molecule has 0 aliphatic rings. The predicted octanol–water partition coefficient (Wildman–Crippen LogP) is 0.624. The predicted molar refractivity (Wildman–Crippen MR) is 38.7 cm³/mol. The molecule has 0 unspecified atom stereocenters. The average Bonchev–Trinajstić information content (AvgIpc) is 1.90. The van der Waals surface area contributed by atoms with E-state index in [0.29, 0.717) is 0 Å². The summed E-state index contributed by atoms with van der Waals surface area (Å²) in [5.41, 5.74) is -0.330. The van der Waals surface area contributed by atoms with Gasteiger partial charge in [-0.15, -0.1) is 0 Å². The highest BCUT2D eigenvalue weighted by Crippen LogP contribution is 2.21. The Bertz CT molecular complexity index is 86.9. The van der Waals surface area contributed by atoms with Crippen molar-refractivity contribution in [3.05, 3.63) is 0 Å². The maximum absolute atomic E-state index is 8.87. The molecule has 0 bridgehead atoms. The van der Waals surface area contributed by atoms with Gasteiger partial charge < -0.3 is 14.6 Å². The Balaban J connectivity index is 3.97. The minimum Gasteiger partial charge on any atom is -0.396 e. The van der Waals surface area contributed by atoms with Crippen molar-refractivity contribution in [1.82, 2.24) is 0 Å². The first-order valence-corrected chi connectivity index (χ1v) is 3.25. The van der Waals surface area contributed by atoms with Gasteiger partial charge in [-0.2, -0.15) is 0 Å². The lowest BCUT2D eigenvalue weighted by Gasteiger charge is -2.29. The monoisotopic (exact) mass is 148 g/mol. The Morgan fingerprint density at radius 2 is 1.70 bits per heavy atom. The van der Waals surface area contributed by atoms with Crippen LogP contribution in [-0.4, -0.2) is 32.2 Å². The molecule has 3 nitrogen and oxygen atoms in total. The molecule has 10 heavy (non-hydrogen) atoms. The molecule has 1 N–H and O–H groups in total. The number of aliphatic hydroxyl groups excluding tert-OH is 1. The molecular formula is C7H16O3. The highest BCUT2D eigenvalue weighted by molar-refractivity contribution is 4.70. The van der Waals surface area contributed by atoms with Crippen LogP contribution in [0.3, 0.4) is 0 Å². The van der Waals surface area contributed by atoms with E-state index in [1.54, 1.807) is 14.2 Å². The van der Waals surface area contributed by atoms with Crippen LogP contribution in [0.5, 0.6) is 0 Å². The fourth-order valence-electron chi connectivity index (χ4n) is 0.809. The van der Waals surface area contributed by atoms with Crippen molar-refractivity contribution in [2.45, 2.75) is 20.1 Å². The number of aliphatic hydroxyl groups is 1. The molecule has 0 heterocycles. The van der Waals surface area contributed by atoms with Crippen molar-refractivity contribution in [3.63, 3.8) is 0 Å². The van der Waals surface area contributed by atoms with E-state index in [1.165, 1.54) is 0 Å². The Hall–Kier alpha value is -0.120. The fraction of sp³-hybridized carbons (Fsp3) is 1.00. The van der Waals surface area contributed by atoms with Gasteiger partial charge in [0.25, 0.3) is 0 Å². The topological polar surface area (TPSA) is 38.7 Å². The third kappa shape index (κ3) is 2.25. The van der Waals surface area contributed by atoms with Crippen LogP contribution in [-0.2, 0) is 9.47 Å². The molecule has 3 heteroatoms. The number of rotatable bonds is 4. The second kappa shape index (κ2) is 3.91. The molecule has 0 aliphatic carbocycles. The van der Waals surface area contributed by atoms with Gasteiger partial charge in [-0.25, -0.2) is 0 Å². The number of methoxy groups -OCH3 is 2. The molecule has 0 saturated heterocycles. The zero-order valence-electron chi connectivity index (χ0n) is 7.05. The van der Waals surface area contributed by atoms with E-state index < -0.39 is 0 Å². The molecule has 0 rings (SSSR count). The molecule has 62 valence electrons. The van der Waals surface area contributed by atoms with Crippen molar-refractivity contribution in [1.29, 1.82) is 0 Å². The van der Waals surface area contributed by atoms with Crippen molar-refractivity contribution < 1.29 is 14.6 Å². The van der Waals surface area contributed by atoms with Crippen molar-refractivity contribution in [2.24, 2.45) is 5.41 Å². The van der Waals surface area contributed by atoms with E-state index in [4.69, 9.17) is 14.6 Å². The molecular weight excluding hydrogens is 132 g/mol. The standard InChI is InChI=1S/C7H16O3/c1-7(2,5-8)6(9-3)10-4/h6,8H,5H2,1-4H3. The van der Waals surface area contributed by atoms with E-state index >= 15 is 0 Å². The maximum Gasteiger partial charge on any atom is 0.164 e. The molecule has 0 aromatic rings. The lowest BCUT2D eigenvalue weighted by atomic mass is 9.94. The van der Waals surface area contributed by atoms with Gasteiger partial charge in [0.05, 0.1) is 6.61 Å². The second-order valence-corrected chi connectivity index (χ2v) is 2.95. The first-order valence-electron chi connectivity index (χ1n) is 3.25. The van der Waals surface area contributed by atoms with E-state index in [-0.39, 0.29) is 18.3 Å². The van der Waals surface area contributed by atoms with Gasteiger partial charge in [-0.3, -0.25) is 0 Å². The second-order valence-electron chi connectivity index (χ2n) is 2.95. The summed E-state index contributed by atoms with van der Waals surface area (Å²) >= 11 is 0. The SMILES string of the molecule is COC(OC)C(C)(C)CO. The Kier molecular flexibility index (Phi) is 3.86. The molecule has 0 aliphatic heterocycles. The quantitative estimate of drug-likeness (QED) is 0.594. The minimum absolute atomic E-state index is 0.0549. The van der Waals surface area contributed by atoms with Gasteiger partial charge in [0, 0.05) is 19.6 Å². The average molecular weight is 148 g/mol. The molecule has 0 amide bonds. The van der Waals surface area contributed by atoms with Gasteiger partial charge in [0.15, 0.2) is 6.29 Å². The van der Waals surface area contributed by atoms with Gasteiger partial charge in [0.1, 0.15) is 0 Å². The highest BCUT2D eigenvalue weighted by Gasteiger charge is 2.28. The number of ether oxygens (including phenoxy) is 2. The van der Waals surface area contributed by atoms with Gasteiger partial charge in [-0.1, -0.05) is 13.8 Å². The van der Waals surface area contributed by atoms with Crippen LogP contribution in [0.25, 0.3) is 0 Å². The molecule has 0 fully saturated rings. The molecule has 0 saturated carbocycles. The van der Waals surface area contributed by atoms with E-state index in [2.05, 4.69) is 0 Å². The Morgan fingerprint density at radius 1 is 1.30 bits per heavy atom. The summed E-state index contributed by atoms with van der Waals surface area (Å²) in [4.78, 5) is 0. The lowest BCUT2D eigenvalue weighted by molar-refractivity contribution is -0.178. The first-order chi connectivity index (χ1) is 4.58. The minimum atomic E-state index is -0.336. The summed E-state index contributed by atoms with van der Waals surface area (Å²) in [5.74, 6) is 0. The fourth-order valence-corrected chi connectivity index (χ4v) is 0.809. The summed E-state index contributed by atoms with van der Waals surface area (Å²) in [6.07, 6.45) is -0.336. The van der Waals surface area contributed by atoms with Gasteiger partial charge in [0.2, 0.25) is 0 Å². The van der Waals surface area contributed by atoms with Crippen LogP contribution >= 0.6 is 0 Å². The summed E-state index contributed by atoms with van der Waals surface area (Å²) in [6, 6.07) is 0. The molecule has 0 aromatic heterocycles. The van der Waals surface area contributed by atoms with Gasteiger partial charge >= 0.3 is 0 Å². The Morgan fingerprint density at radius 3 is 1.80 bits per heavy atom. The van der Waals surface area contributed by atoms with Crippen LogP contribution in [0.15, 0.2) is 0 Å². The van der Waals surface area contributed by atoms with Crippen molar-refractivity contribution in [2.75, 3.05) is 20.8 Å². The maximum atomic E-state index is 8.87. The third-order valence-corrected chi connectivity index (χ3v) is 1.47. The summed E-state index contributed by atoms with van der Waals surface area (Å²) < 4.78 is 9.95. The highest BCUT2D eigenvalue weighted by atomic mass is 16.7. The van der Waals surface area contributed by atoms with Crippen molar-refractivity contribution >= 4 is 0 Å². The van der Waals surface area contributed by atoms with Crippen LogP contribution in [0, 0.1) is 5.41 Å². The van der Waals surface area contributed by atoms with Crippen LogP contribution in [0.1, 0.15) is 13.8 Å². The van der Waals surface area contributed by atoms with Gasteiger partial charge in [-0.05, 0) is 0 Å². The molecule has 0 spiro atoms. The summed E-state index contributed by atoms with van der Waals surface area (Å²) in [7, 11) is 3.12. The number of hydrogen-bond acceptors (Lipinski definition) is 3. The number of hydrogen-bond donors (Lipinski definition) is 1. The molecule has 0 aromatic carbocycles. The first kappa shape index (κ1) is 9.88. The molecule has 0 radical (unpaired) electrons. The summed E-state index contributed by atoms with van der Waals surface area (Å²) in [5, 5.41) is 8.87. The zero-order chi connectivity index (χ0) is 8.20. The van der Waals surface area contributed by atoms with Crippen molar-refractivity contribution in [3.8, 4) is 0 Å². The van der Waals surface area contributed by atoms with E-state index in [1.807, 2.05) is 13.8 Å². The zero-order valence-corrected chi connectivity index (χ0v) is 7.05. The third-order valence-electron chi connectivity index (χ3n) is 1.47. The molecule has 0 atom stereocenters. The normalized spacial score (nSPS) is 12.6. The van der Waals surface area contributed by atoms with E-state index in [0.717, 1.165) is 0 Å². The Labute approximate surface area is 62.0 Å². The van der Waals surface area contributed by atoms with Crippen LogP contribution in [0.2, 0.25) is 0 Å². The van der Waals surface area contributed by atoms with E-state index in [9.17, 15) is 0 Å².